The molecule has 0 spiro atoms. The van der Waals surface area contributed by atoms with E-state index < -0.39 is 6.10 Å². The number of halogens is 1. The molecule has 0 radical (unpaired) electrons. The number of hydrogen-bond donors (Lipinski definition) is 3. The second-order valence-electron chi connectivity index (χ2n) is 6.63. The van der Waals surface area contributed by atoms with E-state index in [1.54, 1.807) is 19.2 Å². The van der Waals surface area contributed by atoms with E-state index in [0.717, 1.165) is 31.2 Å². The maximum atomic E-state index is 12.1. The van der Waals surface area contributed by atoms with E-state index in [1.807, 2.05) is 13.0 Å². The van der Waals surface area contributed by atoms with Gasteiger partial charge in [0.25, 0.3) is 0 Å². The maximum absolute atomic E-state index is 12.1. The monoisotopic (exact) mass is 370 g/mol. The fourth-order valence-corrected chi connectivity index (χ4v) is 3.20. The van der Waals surface area contributed by atoms with Gasteiger partial charge in [-0.25, -0.2) is 4.79 Å². The summed E-state index contributed by atoms with van der Waals surface area (Å²) in [6.07, 6.45) is 3.19. The Morgan fingerprint density at radius 1 is 1.40 bits per heavy atom. The number of aliphatic hydroxyl groups excluding tert-OH is 1. The molecule has 7 heteroatoms. The Morgan fingerprint density at radius 3 is 2.76 bits per heavy atom. The van der Waals surface area contributed by atoms with E-state index in [0.29, 0.717) is 17.4 Å². The molecule has 1 saturated carbocycles. The Bertz CT molecular complexity index is 576. The molecule has 6 nitrogen and oxygen atoms in total. The molecule has 2 rings (SSSR count). The zero-order valence-electron chi connectivity index (χ0n) is 14.8. The second kappa shape index (κ2) is 9.27. The fraction of sp³-hybridized carbons (Fsp3) is 0.611. The third-order valence-electron chi connectivity index (χ3n) is 4.43. The summed E-state index contributed by atoms with van der Waals surface area (Å²) in [6.45, 7) is 2.59. The molecule has 1 atom stereocenters. The van der Waals surface area contributed by atoms with Crippen LogP contribution in [0.25, 0.3) is 0 Å². The second-order valence-corrected chi connectivity index (χ2v) is 7.04. The summed E-state index contributed by atoms with van der Waals surface area (Å²) in [5, 5.41) is 16.4. The van der Waals surface area contributed by atoms with Crippen LogP contribution in [0.4, 0.5) is 4.79 Å². The smallest absolute Gasteiger partial charge is 0.315 e. The molecular weight excluding hydrogens is 344 g/mol. The van der Waals surface area contributed by atoms with Crippen LogP contribution in [-0.4, -0.2) is 49.6 Å². The molecule has 1 fully saturated rings. The molecule has 1 aromatic carbocycles. The minimum Gasteiger partial charge on any atom is -0.491 e. The quantitative estimate of drug-likeness (QED) is 0.657. The van der Waals surface area contributed by atoms with Crippen LogP contribution in [0.15, 0.2) is 18.2 Å². The molecule has 0 saturated heterocycles. The van der Waals surface area contributed by atoms with E-state index in [-0.39, 0.29) is 24.7 Å². The Labute approximate surface area is 153 Å². The zero-order valence-corrected chi connectivity index (χ0v) is 15.6. The number of nitrogens with one attached hydrogen (secondary N) is 2. The normalized spacial score (nSPS) is 17.1. The van der Waals surface area contributed by atoms with Gasteiger partial charge in [-0.15, -0.1) is 0 Å². The van der Waals surface area contributed by atoms with Crippen molar-refractivity contribution in [2.24, 2.45) is 0 Å². The van der Waals surface area contributed by atoms with Crippen LogP contribution >= 0.6 is 11.6 Å². The van der Waals surface area contributed by atoms with Crippen molar-refractivity contribution in [3.05, 3.63) is 28.8 Å². The molecule has 0 aromatic heterocycles. The first-order valence-electron chi connectivity index (χ1n) is 8.56. The van der Waals surface area contributed by atoms with Crippen LogP contribution in [0.3, 0.4) is 0 Å². The summed E-state index contributed by atoms with van der Waals surface area (Å²) in [5.74, 6) is 0.635. The number of ether oxygens (including phenoxy) is 2. The predicted molar refractivity (Wildman–Crippen MR) is 97.3 cm³/mol. The number of aryl methyl sites for hydroxylation is 1. The topological polar surface area (TPSA) is 79.8 Å². The van der Waals surface area contributed by atoms with Crippen molar-refractivity contribution in [1.29, 1.82) is 0 Å². The highest BCUT2D eigenvalue weighted by molar-refractivity contribution is 6.31. The molecular formula is C18H27ClN2O4. The molecule has 0 heterocycles. The lowest BCUT2D eigenvalue weighted by Crippen LogP contribution is -2.54. The largest absolute Gasteiger partial charge is 0.491 e. The highest BCUT2D eigenvalue weighted by atomic mass is 35.5. The minimum absolute atomic E-state index is 0.0879. The highest BCUT2D eigenvalue weighted by Gasteiger charge is 2.35. The number of methoxy groups -OCH3 is 1. The van der Waals surface area contributed by atoms with Gasteiger partial charge >= 0.3 is 6.03 Å². The van der Waals surface area contributed by atoms with Gasteiger partial charge in [-0.3, -0.25) is 0 Å². The SMILES string of the molecule is COCC1(NC(=O)NC[C@H](O)COc2ccc(Cl)c(C)c2)CCCC1. The lowest BCUT2D eigenvalue weighted by Gasteiger charge is -2.29. The molecule has 1 aromatic rings. The summed E-state index contributed by atoms with van der Waals surface area (Å²) in [6, 6.07) is 5.02. The maximum Gasteiger partial charge on any atom is 0.315 e. The van der Waals surface area contributed by atoms with Gasteiger partial charge in [-0.1, -0.05) is 24.4 Å². The van der Waals surface area contributed by atoms with Crippen molar-refractivity contribution in [1.82, 2.24) is 10.6 Å². The van der Waals surface area contributed by atoms with Crippen LogP contribution in [0.5, 0.6) is 5.75 Å². The lowest BCUT2D eigenvalue weighted by molar-refractivity contribution is 0.102. The first-order chi connectivity index (χ1) is 11.9. The van der Waals surface area contributed by atoms with E-state index in [9.17, 15) is 9.90 Å². The summed E-state index contributed by atoms with van der Waals surface area (Å²) in [5.41, 5.74) is 0.618. The fourth-order valence-electron chi connectivity index (χ4n) is 3.09. The summed E-state index contributed by atoms with van der Waals surface area (Å²) in [4.78, 5) is 12.1. The van der Waals surface area contributed by atoms with Crippen LogP contribution in [0, 0.1) is 6.92 Å². The van der Waals surface area contributed by atoms with E-state index in [4.69, 9.17) is 21.1 Å². The number of aliphatic hydroxyl groups is 1. The Morgan fingerprint density at radius 2 is 2.12 bits per heavy atom. The first-order valence-corrected chi connectivity index (χ1v) is 8.94. The van der Waals surface area contributed by atoms with Gasteiger partial charge in [0, 0.05) is 18.7 Å². The van der Waals surface area contributed by atoms with E-state index >= 15 is 0 Å². The van der Waals surface area contributed by atoms with Gasteiger partial charge < -0.3 is 25.2 Å². The van der Waals surface area contributed by atoms with Crippen molar-refractivity contribution in [3.63, 3.8) is 0 Å². The van der Waals surface area contributed by atoms with Crippen molar-refractivity contribution in [2.75, 3.05) is 26.9 Å². The Balaban J connectivity index is 1.72. The number of carbonyl (C=O) groups excluding carboxylic acids is 1. The molecule has 0 bridgehead atoms. The first kappa shape index (κ1) is 19.8. The average Bonchev–Trinajstić information content (AvgIpc) is 3.02. The molecule has 0 unspecified atom stereocenters. The van der Waals surface area contributed by atoms with Crippen LogP contribution < -0.4 is 15.4 Å². The lowest BCUT2D eigenvalue weighted by atomic mass is 9.99. The van der Waals surface area contributed by atoms with Gasteiger partial charge in [0.05, 0.1) is 12.1 Å². The van der Waals surface area contributed by atoms with Crippen molar-refractivity contribution < 1.29 is 19.4 Å². The summed E-state index contributed by atoms with van der Waals surface area (Å²) in [7, 11) is 1.64. The van der Waals surface area contributed by atoms with Gasteiger partial charge in [0.2, 0.25) is 0 Å². The van der Waals surface area contributed by atoms with E-state index in [1.165, 1.54) is 0 Å². The molecule has 3 N–H and O–H groups in total. The zero-order chi connectivity index (χ0) is 18.3. The number of urea groups is 1. The predicted octanol–water partition coefficient (Wildman–Crippen LogP) is 2.65. The van der Waals surface area contributed by atoms with Gasteiger partial charge in [-0.2, -0.15) is 0 Å². The van der Waals surface area contributed by atoms with Crippen LogP contribution in [0.2, 0.25) is 5.02 Å². The number of amides is 2. The van der Waals surface area contributed by atoms with Gasteiger partial charge in [0.1, 0.15) is 18.5 Å². The Kier molecular flexibility index (Phi) is 7.35. The summed E-state index contributed by atoms with van der Waals surface area (Å²) >= 11 is 5.96. The number of carbonyl (C=O) groups is 1. The van der Waals surface area contributed by atoms with Crippen molar-refractivity contribution in [3.8, 4) is 5.75 Å². The third kappa shape index (κ3) is 6.06. The minimum atomic E-state index is -0.802. The van der Waals surface area contributed by atoms with E-state index in [2.05, 4.69) is 10.6 Å². The molecule has 1 aliphatic carbocycles. The Hall–Kier alpha value is -1.50. The number of rotatable bonds is 8. The standard InChI is InChI=1S/C18H27ClN2O4/c1-13-9-15(5-6-16(13)19)25-11-14(22)10-20-17(23)21-18(12-24-2)7-3-4-8-18/h5-6,9,14,22H,3-4,7-8,10-12H2,1-2H3,(H2,20,21,23)/t14-/m0/s1. The molecule has 140 valence electrons. The van der Waals surface area contributed by atoms with Crippen LogP contribution in [-0.2, 0) is 4.74 Å². The number of hydrogen-bond acceptors (Lipinski definition) is 4. The van der Waals surface area contributed by atoms with Gasteiger partial charge in [0.15, 0.2) is 0 Å². The molecule has 0 aliphatic heterocycles. The van der Waals surface area contributed by atoms with Gasteiger partial charge in [-0.05, 0) is 43.5 Å². The highest BCUT2D eigenvalue weighted by Crippen LogP contribution is 2.29. The van der Waals surface area contributed by atoms with Crippen LogP contribution in [0.1, 0.15) is 31.2 Å². The molecule has 25 heavy (non-hydrogen) atoms. The average molecular weight is 371 g/mol. The number of benzene rings is 1. The molecule has 1 aliphatic rings. The summed E-state index contributed by atoms with van der Waals surface area (Å²) < 4.78 is 10.8. The van der Waals surface area contributed by atoms with Crippen molar-refractivity contribution >= 4 is 17.6 Å². The van der Waals surface area contributed by atoms with Crippen molar-refractivity contribution in [2.45, 2.75) is 44.2 Å². The third-order valence-corrected chi connectivity index (χ3v) is 4.85. The molecule has 2 amide bonds.